The van der Waals surface area contributed by atoms with E-state index in [9.17, 15) is 4.79 Å². The lowest BCUT2D eigenvalue weighted by atomic mass is 10.2. The first-order chi connectivity index (χ1) is 8.84. The topological polar surface area (TPSA) is 54.9 Å². The Hall–Kier alpha value is -1.14. The van der Waals surface area contributed by atoms with Crippen LogP contribution in [0.25, 0.3) is 10.2 Å². The van der Waals surface area contributed by atoms with Crippen molar-refractivity contribution in [2.24, 2.45) is 0 Å². The summed E-state index contributed by atoms with van der Waals surface area (Å²) < 4.78 is 0. The summed E-state index contributed by atoms with van der Waals surface area (Å²) in [6.07, 6.45) is 4.66. The van der Waals surface area contributed by atoms with Gasteiger partial charge in [-0.25, -0.2) is 9.97 Å². The Morgan fingerprint density at radius 2 is 2.33 bits per heavy atom. The summed E-state index contributed by atoms with van der Waals surface area (Å²) >= 11 is 3.17. The molecule has 1 N–H and O–H groups in total. The number of nitrogens with zero attached hydrogens (tertiary/aromatic N) is 2. The molecular weight excluding hydrogens is 266 g/mol. The molecule has 94 valence electrons. The molecule has 1 fully saturated rings. The summed E-state index contributed by atoms with van der Waals surface area (Å²) in [6, 6.07) is 2.02. The average molecular weight is 279 g/mol. The summed E-state index contributed by atoms with van der Waals surface area (Å²) in [5.74, 6) is 0.138. The molecule has 0 aromatic carbocycles. The van der Waals surface area contributed by atoms with Gasteiger partial charge in [0.2, 0.25) is 5.91 Å². The fourth-order valence-electron chi connectivity index (χ4n) is 2.02. The number of hydrogen-bond donors (Lipinski definition) is 1. The van der Waals surface area contributed by atoms with Crippen LogP contribution in [0.5, 0.6) is 0 Å². The predicted molar refractivity (Wildman–Crippen MR) is 73.9 cm³/mol. The van der Waals surface area contributed by atoms with Crippen molar-refractivity contribution in [2.45, 2.75) is 29.5 Å². The molecule has 0 bridgehead atoms. The van der Waals surface area contributed by atoms with Crippen molar-refractivity contribution in [3.63, 3.8) is 0 Å². The molecule has 0 radical (unpaired) electrons. The van der Waals surface area contributed by atoms with Gasteiger partial charge in [-0.15, -0.1) is 11.3 Å². The van der Waals surface area contributed by atoms with Gasteiger partial charge in [0.1, 0.15) is 16.2 Å². The fraction of sp³-hybridized carbons (Fsp3) is 0.417. The molecule has 0 aliphatic carbocycles. The third-order valence-electron chi connectivity index (χ3n) is 2.96. The highest BCUT2D eigenvalue weighted by molar-refractivity contribution is 8.00. The Balaban J connectivity index is 1.86. The van der Waals surface area contributed by atoms with E-state index in [1.165, 1.54) is 0 Å². The molecule has 1 amide bonds. The Morgan fingerprint density at radius 3 is 3.28 bits per heavy atom. The Morgan fingerprint density at radius 1 is 1.39 bits per heavy atom. The Labute approximate surface area is 113 Å². The van der Waals surface area contributed by atoms with Crippen LogP contribution in [0.1, 0.15) is 19.3 Å². The summed E-state index contributed by atoms with van der Waals surface area (Å²) in [5.41, 5.74) is 0. The summed E-state index contributed by atoms with van der Waals surface area (Å²) in [6.45, 7) is 0.799. The lowest BCUT2D eigenvalue weighted by Gasteiger charge is -2.12. The van der Waals surface area contributed by atoms with Crippen molar-refractivity contribution in [1.82, 2.24) is 15.3 Å². The predicted octanol–water partition coefficient (Wildman–Crippen LogP) is 2.45. The zero-order valence-corrected chi connectivity index (χ0v) is 11.4. The quantitative estimate of drug-likeness (QED) is 0.858. The molecule has 0 spiro atoms. The number of carbonyl (C=O) groups is 1. The molecule has 1 aliphatic heterocycles. The zero-order valence-electron chi connectivity index (χ0n) is 9.76. The lowest BCUT2D eigenvalue weighted by Crippen LogP contribution is -2.30. The van der Waals surface area contributed by atoms with Crippen LogP contribution >= 0.6 is 23.1 Å². The first-order valence-electron chi connectivity index (χ1n) is 5.97. The minimum atomic E-state index is -0.0227. The van der Waals surface area contributed by atoms with Gasteiger partial charge in [-0.1, -0.05) is 18.2 Å². The molecule has 1 aliphatic rings. The van der Waals surface area contributed by atoms with Crippen LogP contribution in [-0.2, 0) is 4.79 Å². The van der Waals surface area contributed by atoms with Crippen LogP contribution in [0.4, 0.5) is 0 Å². The fourth-order valence-corrected chi connectivity index (χ4v) is 3.96. The molecule has 0 unspecified atom stereocenters. The highest BCUT2D eigenvalue weighted by atomic mass is 32.2. The van der Waals surface area contributed by atoms with Gasteiger partial charge in [-0.2, -0.15) is 0 Å². The van der Waals surface area contributed by atoms with Crippen LogP contribution < -0.4 is 5.32 Å². The minimum absolute atomic E-state index is 0.0227. The van der Waals surface area contributed by atoms with E-state index in [-0.39, 0.29) is 11.2 Å². The molecule has 3 rings (SSSR count). The molecule has 4 nitrogen and oxygen atoms in total. The number of nitrogens with one attached hydrogen (secondary N) is 1. The molecule has 6 heteroatoms. The minimum Gasteiger partial charge on any atom is -0.355 e. The number of aromatic nitrogens is 2. The van der Waals surface area contributed by atoms with E-state index in [4.69, 9.17) is 0 Å². The molecule has 3 heterocycles. The van der Waals surface area contributed by atoms with Crippen molar-refractivity contribution >= 4 is 39.2 Å². The van der Waals surface area contributed by atoms with Gasteiger partial charge < -0.3 is 5.32 Å². The monoisotopic (exact) mass is 279 g/mol. The molecular formula is C12H13N3OS2. The van der Waals surface area contributed by atoms with Crippen molar-refractivity contribution in [1.29, 1.82) is 0 Å². The van der Waals surface area contributed by atoms with Crippen LogP contribution in [0, 0.1) is 0 Å². The van der Waals surface area contributed by atoms with Gasteiger partial charge in [0.25, 0.3) is 0 Å². The highest BCUT2D eigenvalue weighted by Gasteiger charge is 2.23. The molecule has 1 saturated heterocycles. The van der Waals surface area contributed by atoms with E-state index in [2.05, 4.69) is 15.3 Å². The van der Waals surface area contributed by atoms with Crippen LogP contribution in [0.2, 0.25) is 0 Å². The first kappa shape index (κ1) is 11.9. The van der Waals surface area contributed by atoms with Gasteiger partial charge in [0.15, 0.2) is 0 Å². The number of carbonyl (C=O) groups excluding carboxylic acids is 1. The number of thiophene rings is 1. The van der Waals surface area contributed by atoms with E-state index in [1.54, 1.807) is 29.4 Å². The third kappa shape index (κ3) is 2.35. The average Bonchev–Trinajstić information content (AvgIpc) is 2.77. The van der Waals surface area contributed by atoms with Gasteiger partial charge in [0, 0.05) is 11.9 Å². The Kier molecular flexibility index (Phi) is 3.47. The van der Waals surface area contributed by atoms with Crippen molar-refractivity contribution in [2.75, 3.05) is 6.54 Å². The van der Waals surface area contributed by atoms with Crippen molar-refractivity contribution in [3.05, 3.63) is 17.8 Å². The van der Waals surface area contributed by atoms with Crippen molar-refractivity contribution in [3.8, 4) is 0 Å². The number of fused-ring (bicyclic) bond motifs is 1. The number of amides is 1. The smallest absolute Gasteiger partial charge is 0.233 e. The second-order valence-electron chi connectivity index (χ2n) is 4.21. The van der Waals surface area contributed by atoms with E-state index in [0.717, 1.165) is 41.0 Å². The maximum Gasteiger partial charge on any atom is 0.233 e. The maximum absolute atomic E-state index is 11.9. The lowest BCUT2D eigenvalue weighted by molar-refractivity contribution is -0.120. The number of rotatable bonds is 2. The highest BCUT2D eigenvalue weighted by Crippen LogP contribution is 2.32. The third-order valence-corrected chi connectivity index (χ3v) is 5.07. The second-order valence-corrected chi connectivity index (χ2v) is 6.30. The van der Waals surface area contributed by atoms with Gasteiger partial charge in [-0.05, 0) is 24.3 Å². The maximum atomic E-state index is 11.9. The van der Waals surface area contributed by atoms with E-state index < -0.39 is 0 Å². The largest absolute Gasteiger partial charge is 0.355 e. The second kappa shape index (κ2) is 5.24. The molecule has 2 aromatic heterocycles. The van der Waals surface area contributed by atoms with E-state index in [1.807, 2.05) is 11.4 Å². The van der Waals surface area contributed by atoms with Crippen molar-refractivity contribution < 1.29 is 4.79 Å². The first-order valence-corrected chi connectivity index (χ1v) is 7.73. The van der Waals surface area contributed by atoms with Crippen LogP contribution in [-0.4, -0.2) is 27.7 Å². The summed E-state index contributed by atoms with van der Waals surface area (Å²) in [5, 5.41) is 6.92. The van der Waals surface area contributed by atoms with Gasteiger partial charge in [0.05, 0.1) is 5.25 Å². The number of hydrogen-bond acceptors (Lipinski definition) is 5. The Bertz CT molecular complexity index is 569. The molecule has 2 aromatic rings. The molecule has 18 heavy (non-hydrogen) atoms. The molecule has 0 saturated carbocycles. The normalized spacial score (nSPS) is 20.7. The summed E-state index contributed by atoms with van der Waals surface area (Å²) in [4.78, 5) is 21.5. The van der Waals surface area contributed by atoms with Crippen LogP contribution in [0.15, 0.2) is 22.8 Å². The SMILES string of the molecule is O=C1NCCCC[C@H]1Sc1ncnc2sccc12. The van der Waals surface area contributed by atoms with Gasteiger partial charge in [-0.3, -0.25) is 4.79 Å². The standard InChI is InChI=1S/C12H13N3OS2/c16-10-9(3-1-2-5-13-10)18-12-8-4-6-17-11(8)14-7-15-12/h4,6-7,9H,1-3,5H2,(H,13,16)/t9-/m1/s1. The van der Waals surface area contributed by atoms with Gasteiger partial charge >= 0.3 is 0 Å². The summed E-state index contributed by atoms with van der Waals surface area (Å²) in [7, 11) is 0. The van der Waals surface area contributed by atoms with E-state index >= 15 is 0 Å². The number of thioether (sulfide) groups is 1. The molecule has 1 atom stereocenters. The van der Waals surface area contributed by atoms with Crippen LogP contribution in [0.3, 0.4) is 0 Å². The van der Waals surface area contributed by atoms with E-state index in [0.29, 0.717) is 0 Å². The zero-order chi connectivity index (χ0) is 12.4.